The molecule has 0 fully saturated rings. The molecule has 0 amide bonds. The van der Waals surface area contributed by atoms with Gasteiger partial charge < -0.3 is 24.8 Å². The largest absolute Gasteiger partial charge is 0.491 e. The van der Waals surface area contributed by atoms with E-state index >= 15 is 0 Å². The quantitative estimate of drug-likeness (QED) is 0.813. The van der Waals surface area contributed by atoms with Crippen LogP contribution in [0.3, 0.4) is 0 Å². The Kier molecular flexibility index (Phi) is 5.38. The van der Waals surface area contributed by atoms with Gasteiger partial charge in [0.1, 0.15) is 25.6 Å². The van der Waals surface area contributed by atoms with Crippen molar-refractivity contribution in [3.63, 3.8) is 0 Å². The van der Waals surface area contributed by atoms with E-state index in [0.717, 1.165) is 22.9 Å². The Morgan fingerprint density at radius 2 is 1.88 bits per heavy atom. The lowest BCUT2D eigenvalue weighted by Crippen LogP contribution is -2.39. The highest BCUT2D eigenvalue weighted by Gasteiger charge is 2.12. The van der Waals surface area contributed by atoms with E-state index in [2.05, 4.69) is 10.6 Å². The molecule has 0 aromatic heterocycles. The van der Waals surface area contributed by atoms with Crippen molar-refractivity contribution < 1.29 is 14.2 Å². The zero-order valence-corrected chi connectivity index (χ0v) is 14.3. The van der Waals surface area contributed by atoms with Crippen molar-refractivity contribution in [1.82, 2.24) is 5.32 Å². The number of hydrogen-bond acceptors (Lipinski definition) is 4. The summed E-state index contributed by atoms with van der Waals surface area (Å²) in [7, 11) is 0. The van der Waals surface area contributed by atoms with Crippen LogP contribution in [0.1, 0.15) is 6.92 Å². The first-order valence-corrected chi connectivity index (χ1v) is 8.26. The Morgan fingerprint density at radius 1 is 1.12 bits per heavy atom. The molecular weight excluding hydrogens is 324 g/mol. The third-order valence-corrected chi connectivity index (χ3v) is 3.64. The fourth-order valence-electron chi connectivity index (χ4n) is 2.29. The smallest absolute Gasteiger partial charge is 0.171 e. The van der Waals surface area contributed by atoms with Gasteiger partial charge in [0.2, 0.25) is 0 Å². The number of para-hydroxylation sites is 1. The van der Waals surface area contributed by atoms with Crippen LogP contribution in [0.5, 0.6) is 17.2 Å². The number of benzene rings is 2. The first-order valence-electron chi connectivity index (χ1n) is 7.86. The summed E-state index contributed by atoms with van der Waals surface area (Å²) in [5.41, 5.74) is 0.855. The van der Waals surface area contributed by atoms with E-state index in [1.165, 1.54) is 0 Å². The number of fused-ring (bicyclic) bond motifs is 1. The zero-order valence-electron chi connectivity index (χ0n) is 13.5. The molecule has 0 saturated carbocycles. The first-order chi connectivity index (χ1) is 11.7. The molecule has 1 aliphatic heterocycles. The molecule has 0 radical (unpaired) electrons. The molecule has 6 heteroatoms. The first kappa shape index (κ1) is 16.4. The third kappa shape index (κ3) is 4.52. The molecule has 126 valence electrons. The van der Waals surface area contributed by atoms with Crippen molar-refractivity contribution in [2.75, 3.05) is 25.1 Å². The molecule has 5 nitrogen and oxygen atoms in total. The number of ether oxygens (including phenoxy) is 3. The molecule has 1 heterocycles. The normalized spacial score (nSPS) is 13.7. The molecule has 1 atom stereocenters. The van der Waals surface area contributed by atoms with E-state index in [-0.39, 0.29) is 6.04 Å². The van der Waals surface area contributed by atoms with Crippen molar-refractivity contribution in [1.29, 1.82) is 0 Å². The van der Waals surface area contributed by atoms with E-state index < -0.39 is 0 Å². The Hall–Kier alpha value is -2.47. The van der Waals surface area contributed by atoms with Gasteiger partial charge in [-0.15, -0.1) is 0 Å². The molecular formula is C18H20N2O3S. The second-order valence-electron chi connectivity index (χ2n) is 5.48. The lowest BCUT2D eigenvalue weighted by atomic mass is 10.2. The average Bonchev–Trinajstić information content (AvgIpc) is 2.60. The van der Waals surface area contributed by atoms with E-state index in [9.17, 15) is 0 Å². The van der Waals surface area contributed by atoms with Gasteiger partial charge in [-0.05, 0) is 43.4 Å². The Labute approximate surface area is 146 Å². The number of thiocarbonyl (C=S) groups is 1. The van der Waals surface area contributed by atoms with Gasteiger partial charge in [-0.1, -0.05) is 18.2 Å². The Balaban J connectivity index is 1.48. The van der Waals surface area contributed by atoms with Crippen molar-refractivity contribution >= 4 is 23.0 Å². The van der Waals surface area contributed by atoms with Gasteiger partial charge in [-0.2, -0.15) is 0 Å². The number of rotatable bonds is 5. The number of hydrogen-bond donors (Lipinski definition) is 2. The number of nitrogens with one attached hydrogen (secondary N) is 2. The Bertz CT molecular complexity index is 694. The van der Waals surface area contributed by atoms with Crippen LogP contribution in [-0.4, -0.2) is 31.0 Å². The highest BCUT2D eigenvalue weighted by molar-refractivity contribution is 7.80. The van der Waals surface area contributed by atoms with Crippen LogP contribution in [0.2, 0.25) is 0 Å². The monoisotopic (exact) mass is 344 g/mol. The second kappa shape index (κ2) is 7.88. The topological polar surface area (TPSA) is 51.8 Å². The highest BCUT2D eigenvalue weighted by atomic mass is 32.1. The van der Waals surface area contributed by atoms with Crippen LogP contribution in [-0.2, 0) is 0 Å². The van der Waals surface area contributed by atoms with Gasteiger partial charge in [-0.25, -0.2) is 0 Å². The van der Waals surface area contributed by atoms with Crippen LogP contribution in [0.25, 0.3) is 0 Å². The van der Waals surface area contributed by atoms with E-state index in [4.69, 9.17) is 26.4 Å². The zero-order chi connectivity index (χ0) is 16.8. The van der Waals surface area contributed by atoms with Gasteiger partial charge in [0.25, 0.3) is 0 Å². The summed E-state index contributed by atoms with van der Waals surface area (Å²) in [4.78, 5) is 0. The molecule has 0 unspecified atom stereocenters. The second-order valence-corrected chi connectivity index (χ2v) is 5.89. The summed E-state index contributed by atoms with van der Waals surface area (Å²) in [6.07, 6.45) is 0. The predicted molar refractivity (Wildman–Crippen MR) is 98.2 cm³/mol. The SMILES string of the molecule is C[C@@H](COc1ccccc1)NC(=S)Nc1ccc2c(c1)OCCO2. The van der Waals surface area contributed by atoms with Crippen molar-refractivity contribution in [2.24, 2.45) is 0 Å². The van der Waals surface area contributed by atoms with Gasteiger partial charge in [0, 0.05) is 11.8 Å². The predicted octanol–water partition coefficient (Wildman–Crippen LogP) is 3.21. The van der Waals surface area contributed by atoms with Crippen LogP contribution in [0.4, 0.5) is 5.69 Å². The molecule has 24 heavy (non-hydrogen) atoms. The molecule has 2 N–H and O–H groups in total. The van der Waals surface area contributed by atoms with Crippen molar-refractivity contribution in [2.45, 2.75) is 13.0 Å². The van der Waals surface area contributed by atoms with Crippen molar-refractivity contribution in [3.05, 3.63) is 48.5 Å². The summed E-state index contributed by atoms with van der Waals surface area (Å²) in [6, 6.07) is 15.4. The minimum absolute atomic E-state index is 0.0717. The Morgan fingerprint density at radius 3 is 2.67 bits per heavy atom. The molecule has 2 aromatic rings. The maximum Gasteiger partial charge on any atom is 0.171 e. The van der Waals surface area contributed by atoms with E-state index in [0.29, 0.717) is 24.9 Å². The molecule has 0 spiro atoms. The molecule has 0 aliphatic carbocycles. The summed E-state index contributed by atoms with van der Waals surface area (Å²) < 4.78 is 16.8. The fourth-order valence-corrected chi connectivity index (χ4v) is 2.61. The summed E-state index contributed by atoms with van der Waals surface area (Å²) in [5, 5.41) is 6.89. The lowest BCUT2D eigenvalue weighted by molar-refractivity contribution is 0.171. The van der Waals surface area contributed by atoms with Crippen molar-refractivity contribution in [3.8, 4) is 17.2 Å². The summed E-state index contributed by atoms with van der Waals surface area (Å²) in [5.74, 6) is 2.33. The summed E-state index contributed by atoms with van der Waals surface area (Å²) >= 11 is 5.35. The molecule has 0 saturated heterocycles. The van der Waals surface area contributed by atoms with E-state index in [1.54, 1.807) is 0 Å². The maximum atomic E-state index is 5.71. The molecule has 0 bridgehead atoms. The van der Waals surface area contributed by atoms with Gasteiger partial charge in [0.05, 0.1) is 6.04 Å². The summed E-state index contributed by atoms with van der Waals surface area (Å²) in [6.45, 7) is 3.68. The highest BCUT2D eigenvalue weighted by Crippen LogP contribution is 2.32. The van der Waals surface area contributed by atoms with Crippen LogP contribution >= 0.6 is 12.2 Å². The van der Waals surface area contributed by atoms with Gasteiger partial charge >= 0.3 is 0 Å². The maximum absolute atomic E-state index is 5.71. The van der Waals surface area contributed by atoms with Crippen LogP contribution in [0.15, 0.2) is 48.5 Å². The molecule has 3 rings (SSSR count). The van der Waals surface area contributed by atoms with Gasteiger partial charge in [-0.3, -0.25) is 0 Å². The fraction of sp³-hybridized carbons (Fsp3) is 0.278. The van der Waals surface area contributed by atoms with Crippen LogP contribution < -0.4 is 24.8 Å². The minimum Gasteiger partial charge on any atom is -0.491 e. The molecule has 1 aliphatic rings. The third-order valence-electron chi connectivity index (χ3n) is 3.42. The number of anilines is 1. The van der Waals surface area contributed by atoms with E-state index in [1.807, 2.05) is 55.5 Å². The van der Waals surface area contributed by atoms with Crippen LogP contribution in [0, 0.1) is 0 Å². The molecule has 2 aromatic carbocycles. The average molecular weight is 344 g/mol. The minimum atomic E-state index is 0.0717. The van der Waals surface area contributed by atoms with Gasteiger partial charge in [0.15, 0.2) is 16.6 Å². The lowest BCUT2D eigenvalue weighted by Gasteiger charge is -2.20. The standard InChI is InChI=1S/C18H20N2O3S/c1-13(12-23-15-5-3-2-4-6-15)19-18(24)20-14-7-8-16-17(11-14)22-10-9-21-16/h2-8,11,13H,9-10,12H2,1H3,(H2,19,20,24)/t13-/m0/s1.